The molecule has 0 aliphatic rings. The summed E-state index contributed by atoms with van der Waals surface area (Å²) in [6.45, 7) is 2.88. The van der Waals surface area contributed by atoms with Crippen LogP contribution in [0, 0.1) is 6.92 Å². The summed E-state index contributed by atoms with van der Waals surface area (Å²) in [4.78, 5) is 4.42. The second kappa shape index (κ2) is 5.48. The van der Waals surface area contributed by atoms with E-state index in [2.05, 4.69) is 40.7 Å². The van der Waals surface area contributed by atoms with Crippen LogP contribution in [-0.4, -0.2) is 16.7 Å². The first-order valence-electron chi connectivity index (χ1n) is 7.02. The summed E-state index contributed by atoms with van der Waals surface area (Å²) < 4.78 is 7.33. The molecule has 0 aliphatic carbocycles. The molecule has 4 nitrogen and oxygen atoms in total. The van der Waals surface area contributed by atoms with Gasteiger partial charge in [-0.15, -0.1) is 0 Å². The molecule has 3 aromatic rings. The Morgan fingerprint density at radius 2 is 2.05 bits per heavy atom. The molecule has 0 atom stereocenters. The van der Waals surface area contributed by atoms with Crippen molar-refractivity contribution in [2.75, 3.05) is 12.8 Å². The van der Waals surface area contributed by atoms with Crippen molar-refractivity contribution in [3.8, 4) is 5.75 Å². The minimum Gasteiger partial charge on any atom is -0.497 e. The molecule has 0 unspecified atom stereocenters. The van der Waals surface area contributed by atoms with E-state index in [0.717, 1.165) is 29.7 Å². The van der Waals surface area contributed by atoms with Gasteiger partial charge in [-0.25, -0.2) is 4.98 Å². The second-order valence-corrected chi connectivity index (χ2v) is 5.22. The van der Waals surface area contributed by atoms with Gasteiger partial charge in [0.2, 0.25) is 5.95 Å². The number of nitrogens with two attached hydrogens (primary N) is 1. The third kappa shape index (κ3) is 2.70. The number of aromatic nitrogens is 2. The number of rotatable bonds is 4. The van der Waals surface area contributed by atoms with E-state index in [1.54, 1.807) is 7.11 Å². The maximum Gasteiger partial charge on any atom is 0.201 e. The molecule has 0 spiro atoms. The first-order valence-corrected chi connectivity index (χ1v) is 7.02. The Hall–Kier alpha value is -2.49. The lowest BCUT2D eigenvalue weighted by atomic mass is 10.1. The topological polar surface area (TPSA) is 53.1 Å². The smallest absolute Gasteiger partial charge is 0.201 e. The zero-order valence-electron chi connectivity index (χ0n) is 12.3. The SMILES string of the molecule is COc1cccc(CCn2c(N)nc3ccc(C)cc32)c1. The quantitative estimate of drug-likeness (QED) is 0.799. The van der Waals surface area contributed by atoms with Crippen molar-refractivity contribution in [3.05, 3.63) is 53.6 Å². The molecule has 1 heterocycles. The highest BCUT2D eigenvalue weighted by atomic mass is 16.5. The molecule has 4 heteroatoms. The molecule has 0 saturated carbocycles. The fourth-order valence-corrected chi connectivity index (χ4v) is 2.56. The molecule has 2 N–H and O–H groups in total. The number of fused-ring (bicyclic) bond motifs is 1. The van der Waals surface area contributed by atoms with E-state index in [1.807, 2.05) is 18.2 Å². The van der Waals surface area contributed by atoms with Gasteiger partial charge >= 0.3 is 0 Å². The fourth-order valence-electron chi connectivity index (χ4n) is 2.56. The number of nitrogen functional groups attached to an aromatic ring is 1. The van der Waals surface area contributed by atoms with Gasteiger partial charge in [-0.2, -0.15) is 0 Å². The van der Waals surface area contributed by atoms with Crippen LogP contribution >= 0.6 is 0 Å². The van der Waals surface area contributed by atoms with Gasteiger partial charge in [0, 0.05) is 6.54 Å². The van der Waals surface area contributed by atoms with Gasteiger partial charge < -0.3 is 15.0 Å². The molecule has 108 valence electrons. The summed E-state index contributed by atoms with van der Waals surface area (Å²) in [7, 11) is 1.68. The van der Waals surface area contributed by atoms with E-state index in [9.17, 15) is 0 Å². The number of ether oxygens (including phenoxy) is 1. The highest BCUT2D eigenvalue weighted by Crippen LogP contribution is 2.20. The molecule has 3 rings (SSSR count). The maximum atomic E-state index is 6.05. The van der Waals surface area contributed by atoms with Gasteiger partial charge in [0.05, 0.1) is 18.1 Å². The summed E-state index contributed by atoms with van der Waals surface area (Å²) in [5.41, 5.74) is 10.5. The summed E-state index contributed by atoms with van der Waals surface area (Å²) in [5, 5.41) is 0. The minimum atomic E-state index is 0.568. The zero-order chi connectivity index (χ0) is 14.8. The largest absolute Gasteiger partial charge is 0.497 e. The summed E-state index contributed by atoms with van der Waals surface area (Å²) in [6, 6.07) is 14.3. The Bertz CT molecular complexity index is 777. The molecule has 0 fully saturated rings. The van der Waals surface area contributed by atoms with E-state index in [0.29, 0.717) is 5.95 Å². The Balaban J connectivity index is 1.87. The van der Waals surface area contributed by atoms with Crippen LogP contribution in [-0.2, 0) is 13.0 Å². The Morgan fingerprint density at radius 3 is 2.86 bits per heavy atom. The molecule has 0 bridgehead atoms. The summed E-state index contributed by atoms with van der Waals surface area (Å²) >= 11 is 0. The predicted octanol–water partition coefficient (Wildman–Crippen LogP) is 3.18. The standard InChI is InChI=1S/C17H19N3O/c1-12-6-7-15-16(10-12)20(17(18)19-15)9-8-13-4-3-5-14(11-13)21-2/h3-7,10-11H,8-9H2,1-2H3,(H2,18,19). The van der Waals surface area contributed by atoms with Crippen LogP contribution in [0.5, 0.6) is 5.75 Å². The second-order valence-electron chi connectivity index (χ2n) is 5.22. The zero-order valence-corrected chi connectivity index (χ0v) is 12.3. The molecular formula is C17H19N3O. The number of imidazole rings is 1. The van der Waals surface area contributed by atoms with Crippen molar-refractivity contribution in [1.29, 1.82) is 0 Å². The Kier molecular flexibility index (Phi) is 3.52. The average molecular weight is 281 g/mol. The van der Waals surface area contributed by atoms with Crippen molar-refractivity contribution < 1.29 is 4.74 Å². The number of hydrogen-bond acceptors (Lipinski definition) is 3. The lowest BCUT2D eigenvalue weighted by molar-refractivity contribution is 0.414. The van der Waals surface area contributed by atoms with E-state index < -0.39 is 0 Å². The molecule has 0 amide bonds. The van der Waals surface area contributed by atoms with Gasteiger partial charge in [0.25, 0.3) is 0 Å². The minimum absolute atomic E-state index is 0.568. The van der Waals surface area contributed by atoms with Crippen molar-refractivity contribution >= 4 is 17.0 Å². The van der Waals surface area contributed by atoms with Gasteiger partial charge in [-0.05, 0) is 48.7 Å². The van der Waals surface area contributed by atoms with Gasteiger partial charge in [0.1, 0.15) is 5.75 Å². The predicted molar refractivity (Wildman–Crippen MR) is 85.6 cm³/mol. The summed E-state index contributed by atoms with van der Waals surface area (Å²) in [6.07, 6.45) is 0.890. The van der Waals surface area contributed by atoms with Crippen LogP contribution in [0.4, 0.5) is 5.95 Å². The van der Waals surface area contributed by atoms with E-state index in [1.165, 1.54) is 11.1 Å². The third-order valence-corrected chi connectivity index (χ3v) is 3.69. The molecule has 0 saturated heterocycles. The molecule has 21 heavy (non-hydrogen) atoms. The molecule has 2 aromatic carbocycles. The third-order valence-electron chi connectivity index (χ3n) is 3.69. The number of nitrogens with zero attached hydrogens (tertiary/aromatic N) is 2. The van der Waals surface area contributed by atoms with Gasteiger partial charge in [0.15, 0.2) is 0 Å². The van der Waals surface area contributed by atoms with Crippen LogP contribution < -0.4 is 10.5 Å². The number of anilines is 1. The maximum absolute atomic E-state index is 6.05. The highest BCUT2D eigenvalue weighted by Gasteiger charge is 2.08. The first kappa shape index (κ1) is 13.5. The van der Waals surface area contributed by atoms with Crippen LogP contribution in [0.2, 0.25) is 0 Å². The average Bonchev–Trinajstić information content (AvgIpc) is 2.80. The number of benzene rings is 2. The van der Waals surface area contributed by atoms with E-state index in [4.69, 9.17) is 10.5 Å². The van der Waals surface area contributed by atoms with E-state index >= 15 is 0 Å². The van der Waals surface area contributed by atoms with Gasteiger partial charge in [-0.1, -0.05) is 18.2 Å². The number of aryl methyl sites for hydroxylation is 3. The van der Waals surface area contributed by atoms with Crippen molar-refractivity contribution in [2.24, 2.45) is 0 Å². The lowest BCUT2D eigenvalue weighted by Crippen LogP contribution is -2.05. The Morgan fingerprint density at radius 1 is 1.19 bits per heavy atom. The number of hydrogen-bond donors (Lipinski definition) is 1. The van der Waals surface area contributed by atoms with Crippen LogP contribution in [0.25, 0.3) is 11.0 Å². The molecular weight excluding hydrogens is 262 g/mol. The van der Waals surface area contributed by atoms with E-state index in [-0.39, 0.29) is 0 Å². The van der Waals surface area contributed by atoms with Gasteiger partial charge in [-0.3, -0.25) is 0 Å². The van der Waals surface area contributed by atoms with Crippen molar-refractivity contribution in [2.45, 2.75) is 19.9 Å². The monoisotopic (exact) mass is 281 g/mol. The van der Waals surface area contributed by atoms with Crippen molar-refractivity contribution in [1.82, 2.24) is 9.55 Å². The number of methoxy groups -OCH3 is 1. The fraction of sp³-hybridized carbons (Fsp3) is 0.235. The van der Waals surface area contributed by atoms with Crippen LogP contribution in [0.3, 0.4) is 0 Å². The van der Waals surface area contributed by atoms with Crippen LogP contribution in [0.15, 0.2) is 42.5 Å². The molecule has 0 radical (unpaired) electrons. The molecule has 1 aromatic heterocycles. The van der Waals surface area contributed by atoms with Crippen LogP contribution in [0.1, 0.15) is 11.1 Å². The van der Waals surface area contributed by atoms with Crippen molar-refractivity contribution in [3.63, 3.8) is 0 Å². The molecule has 0 aliphatic heterocycles. The lowest BCUT2D eigenvalue weighted by Gasteiger charge is -2.08. The summed E-state index contributed by atoms with van der Waals surface area (Å²) in [5.74, 6) is 1.45. The Labute approximate surface area is 124 Å². The highest BCUT2D eigenvalue weighted by molar-refractivity contribution is 5.79. The first-order chi connectivity index (χ1) is 10.2. The normalized spacial score (nSPS) is 11.0.